The van der Waals surface area contributed by atoms with E-state index in [2.05, 4.69) is 0 Å². The first kappa shape index (κ1) is 18.2. The van der Waals surface area contributed by atoms with E-state index in [0.29, 0.717) is 19.6 Å². The maximum absolute atomic E-state index is 12.0. The van der Waals surface area contributed by atoms with E-state index in [1.54, 1.807) is 0 Å². The molecule has 0 aliphatic rings. The van der Waals surface area contributed by atoms with Crippen LogP contribution in [0.1, 0.15) is 45.1 Å². The zero-order valence-electron chi connectivity index (χ0n) is 13.5. The lowest BCUT2D eigenvalue weighted by atomic mass is 10.0. The monoisotopic (exact) mass is 306 g/mol. The van der Waals surface area contributed by atoms with Gasteiger partial charge in [0, 0.05) is 0 Å². The zero-order chi connectivity index (χ0) is 16.2. The van der Waals surface area contributed by atoms with E-state index in [9.17, 15) is 9.59 Å². The summed E-state index contributed by atoms with van der Waals surface area (Å²) in [6.07, 6.45) is 3.56. The first-order chi connectivity index (χ1) is 10.7. The van der Waals surface area contributed by atoms with Gasteiger partial charge in [-0.3, -0.25) is 9.59 Å². The number of hydrogen-bond donors (Lipinski definition) is 0. The van der Waals surface area contributed by atoms with Crippen molar-refractivity contribution < 1.29 is 19.1 Å². The third kappa shape index (κ3) is 6.74. The van der Waals surface area contributed by atoms with Crippen molar-refractivity contribution in [2.75, 3.05) is 13.2 Å². The van der Waals surface area contributed by atoms with E-state index in [-0.39, 0.29) is 0 Å². The van der Waals surface area contributed by atoms with Crippen molar-refractivity contribution in [1.82, 2.24) is 0 Å². The highest BCUT2D eigenvalue weighted by Crippen LogP contribution is 2.12. The molecule has 4 heteroatoms. The molecule has 0 spiro atoms. The van der Waals surface area contributed by atoms with Gasteiger partial charge in [-0.2, -0.15) is 0 Å². The molecule has 0 N–H and O–H groups in total. The Morgan fingerprint density at radius 2 is 1.59 bits per heavy atom. The average molecular weight is 306 g/mol. The number of esters is 2. The van der Waals surface area contributed by atoms with Gasteiger partial charge in [-0.1, -0.05) is 50.6 Å². The minimum atomic E-state index is -0.784. The number of aryl methyl sites for hydroxylation is 1. The Morgan fingerprint density at radius 1 is 0.955 bits per heavy atom. The van der Waals surface area contributed by atoms with Gasteiger partial charge < -0.3 is 9.47 Å². The van der Waals surface area contributed by atoms with Gasteiger partial charge in [-0.15, -0.1) is 0 Å². The number of benzene rings is 1. The molecule has 0 amide bonds. The summed E-state index contributed by atoms with van der Waals surface area (Å²) in [6.45, 7) is 4.53. The average Bonchev–Trinajstić information content (AvgIpc) is 2.55. The summed E-state index contributed by atoms with van der Waals surface area (Å²) in [7, 11) is 0. The van der Waals surface area contributed by atoms with Crippen LogP contribution in [0.25, 0.3) is 0 Å². The summed E-state index contributed by atoms with van der Waals surface area (Å²) in [4.78, 5) is 23.9. The molecular formula is C18H26O4. The van der Waals surface area contributed by atoms with Crippen molar-refractivity contribution in [3.05, 3.63) is 35.9 Å². The van der Waals surface area contributed by atoms with Crippen LogP contribution in [-0.4, -0.2) is 25.2 Å². The Morgan fingerprint density at radius 3 is 2.18 bits per heavy atom. The van der Waals surface area contributed by atoms with Gasteiger partial charge in [-0.25, -0.2) is 0 Å². The summed E-state index contributed by atoms with van der Waals surface area (Å²) >= 11 is 0. The number of hydrogen-bond acceptors (Lipinski definition) is 4. The van der Waals surface area contributed by atoms with Crippen molar-refractivity contribution in [3.63, 3.8) is 0 Å². The lowest BCUT2D eigenvalue weighted by molar-refractivity contribution is -0.162. The predicted octanol–water partition coefficient (Wildman–Crippen LogP) is 3.53. The Kier molecular flexibility index (Phi) is 8.96. The van der Waals surface area contributed by atoms with Crippen LogP contribution in [0, 0.1) is 5.92 Å². The van der Waals surface area contributed by atoms with Gasteiger partial charge >= 0.3 is 11.9 Å². The fourth-order valence-electron chi connectivity index (χ4n) is 2.12. The summed E-state index contributed by atoms with van der Waals surface area (Å²) in [5.74, 6) is -1.71. The summed E-state index contributed by atoms with van der Waals surface area (Å²) in [5.41, 5.74) is 1.21. The SMILES string of the molecule is CCCOC(=O)C(CCC)C(=O)OCCCc1ccccc1. The highest BCUT2D eigenvalue weighted by molar-refractivity contribution is 5.94. The van der Waals surface area contributed by atoms with Crippen molar-refractivity contribution in [3.8, 4) is 0 Å². The topological polar surface area (TPSA) is 52.6 Å². The van der Waals surface area contributed by atoms with Crippen molar-refractivity contribution in [1.29, 1.82) is 0 Å². The Hall–Kier alpha value is -1.84. The highest BCUT2D eigenvalue weighted by Gasteiger charge is 2.28. The number of ether oxygens (including phenoxy) is 2. The van der Waals surface area contributed by atoms with E-state index in [1.807, 2.05) is 44.2 Å². The molecule has 1 aromatic carbocycles. The second-order valence-corrected chi connectivity index (χ2v) is 5.27. The molecule has 122 valence electrons. The second-order valence-electron chi connectivity index (χ2n) is 5.27. The normalized spacial score (nSPS) is 11.7. The smallest absolute Gasteiger partial charge is 0.320 e. The maximum Gasteiger partial charge on any atom is 0.320 e. The molecule has 0 aromatic heterocycles. The molecule has 1 aromatic rings. The molecule has 0 saturated carbocycles. The third-order valence-electron chi connectivity index (χ3n) is 3.29. The lowest BCUT2D eigenvalue weighted by Gasteiger charge is -2.14. The quantitative estimate of drug-likeness (QED) is 0.377. The van der Waals surface area contributed by atoms with Crippen molar-refractivity contribution >= 4 is 11.9 Å². The van der Waals surface area contributed by atoms with E-state index in [1.165, 1.54) is 5.56 Å². The molecule has 1 unspecified atom stereocenters. The first-order valence-electron chi connectivity index (χ1n) is 8.06. The fraction of sp³-hybridized carbons (Fsp3) is 0.556. The van der Waals surface area contributed by atoms with E-state index in [0.717, 1.165) is 25.7 Å². The van der Waals surface area contributed by atoms with Crippen LogP contribution in [-0.2, 0) is 25.5 Å². The number of carbonyl (C=O) groups is 2. The maximum atomic E-state index is 12.0. The lowest BCUT2D eigenvalue weighted by Crippen LogP contribution is -2.28. The van der Waals surface area contributed by atoms with Crippen molar-refractivity contribution in [2.45, 2.75) is 46.0 Å². The van der Waals surface area contributed by atoms with Gasteiger partial charge in [0.1, 0.15) is 0 Å². The molecule has 1 rings (SSSR count). The minimum absolute atomic E-state index is 0.328. The molecular weight excluding hydrogens is 280 g/mol. The van der Waals surface area contributed by atoms with Crippen LogP contribution < -0.4 is 0 Å². The first-order valence-corrected chi connectivity index (χ1v) is 8.06. The van der Waals surface area contributed by atoms with Crippen LogP contribution >= 0.6 is 0 Å². The van der Waals surface area contributed by atoms with Crippen LogP contribution in [0.2, 0.25) is 0 Å². The van der Waals surface area contributed by atoms with Gasteiger partial charge in [0.05, 0.1) is 13.2 Å². The van der Waals surface area contributed by atoms with Crippen LogP contribution in [0.3, 0.4) is 0 Å². The second kappa shape index (κ2) is 10.8. The van der Waals surface area contributed by atoms with Gasteiger partial charge in [0.2, 0.25) is 0 Å². The van der Waals surface area contributed by atoms with Crippen molar-refractivity contribution in [2.24, 2.45) is 5.92 Å². The summed E-state index contributed by atoms with van der Waals surface area (Å²) in [6, 6.07) is 10.0. The third-order valence-corrected chi connectivity index (χ3v) is 3.29. The Bertz CT molecular complexity index is 442. The number of rotatable bonds is 10. The molecule has 22 heavy (non-hydrogen) atoms. The molecule has 0 saturated heterocycles. The molecule has 0 heterocycles. The van der Waals surface area contributed by atoms with Gasteiger partial charge in [0.15, 0.2) is 5.92 Å². The van der Waals surface area contributed by atoms with Crippen LogP contribution in [0.15, 0.2) is 30.3 Å². The standard InChI is InChI=1S/C18H26O4/c1-3-9-16(17(19)21-13-4-2)18(20)22-14-8-12-15-10-6-5-7-11-15/h5-7,10-11,16H,3-4,8-9,12-14H2,1-2H3. The predicted molar refractivity (Wildman–Crippen MR) is 85.4 cm³/mol. The van der Waals surface area contributed by atoms with E-state index < -0.39 is 17.9 Å². The van der Waals surface area contributed by atoms with Gasteiger partial charge in [0.25, 0.3) is 0 Å². The Balaban J connectivity index is 2.35. The van der Waals surface area contributed by atoms with Crippen LogP contribution in [0.4, 0.5) is 0 Å². The largest absolute Gasteiger partial charge is 0.465 e. The molecule has 4 nitrogen and oxygen atoms in total. The Labute approximate surface area is 132 Å². The molecule has 0 bridgehead atoms. The zero-order valence-corrected chi connectivity index (χ0v) is 13.5. The van der Waals surface area contributed by atoms with E-state index >= 15 is 0 Å². The molecule has 0 fully saturated rings. The molecule has 0 aliphatic carbocycles. The summed E-state index contributed by atoms with van der Waals surface area (Å²) in [5, 5.41) is 0. The van der Waals surface area contributed by atoms with Crippen LogP contribution in [0.5, 0.6) is 0 Å². The highest BCUT2D eigenvalue weighted by atomic mass is 16.6. The van der Waals surface area contributed by atoms with Gasteiger partial charge in [-0.05, 0) is 31.2 Å². The number of carbonyl (C=O) groups excluding carboxylic acids is 2. The minimum Gasteiger partial charge on any atom is -0.465 e. The fourth-order valence-corrected chi connectivity index (χ4v) is 2.12. The molecule has 0 aliphatic heterocycles. The molecule has 1 atom stereocenters. The van der Waals surface area contributed by atoms with E-state index in [4.69, 9.17) is 9.47 Å². The molecule has 0 radical (unpaired) electrons. The summed E-state index contributed by atoms with van der Waals surface area (Å²) < 4.78 is 10.3.